The molecule has 1 heterocycles. The van der Waals surface area contributed by atoms with E-state index in [1.54, 1.807) is 24.4 Å². The maximum absolute atomic E-state index is 12.4. The van der Waals surface area contributed by atoms with E-state index < -0.39 is 12.2 Å². The summed E-state index contributed by atoms with van der Waals surface area (Å²) >= 11 is 0. The molecule has 1 atom stereocenters. The van der Waals surface area contributed by atoms with Crippen LogP contribution in [0.4, 0.5) is 8.78 Å². The fraction of sp³-hybridized carbons (Fsp3) is 0.357. The molecule has 0 aliphatic heterocycles. The molecule has 0 spiro atoms. The van der Waals surface area contributed by atoms with Gasteiger partial charge < -0.3 is 15.5 Å². The summed E-state index contributed by atoms with van der Waals surface area (Å²) < 4.78 is 29.3. The van der Waals surface area contributed by atoms with Crippen molar-refractivity contribution >= 4 is 0 Å². The Morgan fingerprint density at radius 3 is 2.75 bits per heavy atom. The molecule has 0 amide bonds. The number of imidazole rings is 1. The normalized spacial score (nSPS) is 14.3. The highest BCUT2D eigenvalue weighted by atomic mass is 19.3. The minimum absolute atomic E-state index is 0.105. The molecule has 1 unspecified atom stereocenters. The molecule has 2 aromatic rings. The summed E-state index contributed by atoms with van der Waals surface area (Å²) in [5.41, 5.74) is 6.64. The topological polar surface area (TPSA) is 63.9 Å². The van der Waals surface area contributed by atoms with E-state index in [1.807, 2.05) is 13.8 Å². The Bertz CT molecular complexity index is 581. The number of para-hydroxylation sites is 1. The van der Waals surface area contributed by atoms with Crippen molar-refractivity contribution in [3.05, 3.63) is 36.3 Å². The fourth-order valence-corrected chi connectivity index (χ4v) is 1.80. The Labute approximate surface area is 116 Å². The molecule has 1 aromatic carbocycles. The number of aromatic nitrogens is 2. The number of alkyl halides is 2. The van der Waals surface area contributed by atoms with Crippen molar-refractivity contribution < 1.29 is 13.5 Å². The molecule has 3 N–H and O–H groups in total. The van der Waals surface area contributed by atoms with Gasteiger partial charge in [0.1, 0.15) is 11.6 Å². The fourth-order valence-electron chi connectivity index (χ4n) is 1.80. The van der Waals surface area contributed by atoms with Gasteiger partial charge in [-0.25, -0.2) is 4.98 Å². The first kappa shape index (κ1) is 14.5. The Morgan fingerprint density at radius 2 is 2.10 bits per heavy atom. The van der Waals surface area contributed by atoms with E-state index in [-0.39, 0.29) is 5.75 Å². The van der Waals surface area contributed by atoms with Gasteiger partial charge in [-0.05, 0) is 25.5 Å². The smallest absolute Gasteiger partial charge is 0.387 e. The number of rotatable bonds is 5. The second-order valence-corrected chi connectivity index (χ2v) is 4.79. The molecule has 0 radical (unpaired) electrons. The zero-order chi connectivity index (χ0) is 14.8. The van der Waals surface area contributed by atoms with Crippen molar-refractivity contribution in [3.63, 3.8) is 0 Å². The Balaban J connectivity index is 2.38. The number of aromatic amines is 1. The van der Waals surface area contributed by atoms with E-state index in [2.05, 4.69) is 14.7 Å². The van der Waals surface area contributed by atoms with Crippen LogP contribution in [0.3, 0.4) is 0 Å². The standard InChI is InChI=1S/C14H17F2N3O/c1-3-14(2,17)12-18-8-10(19-12)9-6-4-5-7-11(9)20-13(15)16/h4-8,13H,3,17H2,1-2H3,(H,18,19). The Kier molecular flexibility index (Phi) is 4.04. The van der Waals surface area contributed by atoms with E-state index in [0.29, 0.717) is 23.5 Å². The van der Waals surface area contributed by atoms with Crippen LogP contribution >= 0.6 is 0 Å². The number of H-pyrrole nitrogens is 1. The highest BCUT2D eigenvalue weighted by Gasteiger charge is 2.23. The van der Waals surface area contributed by atoms with Crippen molar-refractivity contribution in [2.45, 2.75) is 32.4 Å². The minimum Gasteiger partial charge on any atom is -0.434 e. The zero-order valence-electron chi connectivity index (χ0n) is 11.4. The highest BCUT2D eigenvalue weighted by Crippen LogP contribution is 2.31. The molecule has 108 valence electrons. The third-order valence-electron chi connectivity index (χ3n) is 3.24. The molecule has 20 heavy (non-hydrogen) atoms. The molecule has 0 saturated heterocycles. The minimum atomic E-state index is -2.87. The first-order valence-electron chi connectivity index (χ1n) is 6.32. The number of benzene rings is 1. The molecular formula is C14H17F2N3O. The number of halogens is 2. The second-order valence-electron chi connectivity index (χ2n) is 4.79. The van der Waals surface area contributed by atoms with Crippen LogP contribution in [0, 0.1) is 0 Å². The van der Waals surface area contributed by atoms with E-state index in [9.17, 15) is 8.78 Å². The summed E-state index contributed by atoms with van der Waals surface area (Å²) in [6.07, 6.45) is 2.28. The van der Waals surface area contributed by atoms with Gasteiger partial charge in [0.15, 0.2) is 0 Å². The van der Waals surface area contributed by atoms with Crippen molar-refractivity contribution in [2.75, 3.05) is 0 Å². The molecule has 0 fully saturated rings. The number of nitrogens with zero attached hydrogens (tertiary/aromatic N) is 1. The predicted octanol–water partition coefficient (Wildman–Crippen LogP) is 3.26. The van der Waals surface area contributed by atoms with E-state index in [0.717, 1.165) is 0 Å². The molecule has 4 nitrogen and oxygen atoms in total. The summed E-state index contributed by atoms with van der Waals surface area (Å²) in [5.74, 6) is 0.717. The SMILES string of the molecule is CCC(C)(N)c1ncc(-c2ccccc2OC(F)F)[nH]1. The monoisotopic (exact) mass is 281 g/mol. The average molecular weight is 281 g/mol. The largest absolute Gasteiger partial charge is 0.434 e. The van der Waals surface area contributed by atoms with Crippen LogP contribution in [-0.2, 0) is 5.54 Å². The molecule has 1 aromatic heterocycles. The third kappa shape index (κ3) is 2.96. The van der Waals surface area contributed by atoms with Crippen molar-refractivity contribution in [1.82, 2.24) is 9.97 Å². The highest BCUT2D eigenvalue weighted by molar-refractivity contribution is 5.66. The number of ether oxygens (including phenoxy) is 1. The van der Waals surface area contributed by atoms with Crippen molar-refractivity contribution in [1.29, 1.82) is 0 Å². The molecule has 2 rings (SSSR count). The second kappa shape index (κ2) is 5.58. The van der Waals surface area contributed by atoms with E-state index in [1.165, 1.54) is 6.07 Å². The number of hydrogen-bond acceptors (Lipinski definition) is 3. The van der Waals surface area contributed by atoms with Crippen LogP contribution in [0.2, 0.25) is 0 Å². The third-order valence-corrected chi connectivity index (χ3v) is 3.24. The summed E-state index contributed by atoms with van der Waals surface area (Å²) in [6, 6.07) is 6.56. The molecule has 0 bridgehead atoms. The quantitative estimate of drug-likeness (QED) is 0.884. The number of nitrogens with two attached hydrogens (primary N) is 1. The van der Waals surface area contributed by atoms with Crippen molar-refractivity contribution in [2.24, 2.45) is 5.73 Å². The first-order chi connectivity index (χ1) is 9.44. The average Bonchev–Trinajstić information content (AvgIpc) is 2.89. The molecule has 0 aliphatic rings. The van der Waals surface area contributed by atoms with Gasteiger partial charge in [-0.1, -0.05) is 19.1 Å². The van der Waals surface area contributed by atoms with Gasteiger partial charge in [-0.15, -0.1) is 0 Å². The van der Waals surface area contributed by atoms with Gasteiger partial charge in [0.05, 0.1) is 17.4 Å². The van der Waals surface area contributed by atoms with Gasteiger partial charge >= 0.3 is 6.61 Å². The Morgan fingerprint density at radius 1 is 1.40 bits per heavy atom. The van der Waals surface area contributed by atoms with Gasteiger partial charge in [0.25, 0.3) is 0 Å². The predicted molar refractivity (Wildman–Crippen MR) is 72.5 cm³/mol. The lowest BCUT2D eigenvalue weighted by Gasteiger charge is -2.19. The summed E-state index contributed by atoms with van der Waals surface area (Å²) in [4.78, 5) is 7.31. The van der Waals surface area contributed by atoms with Gasteiger partial charge in [-0.2, -0.15) is 8.78 Å². The van der Waals surface area contributed by atoms with Crippen molar-refractivity contribution in [3.8, 4) is 17.0 Å². The molecular weight excluding hydrogens is 264 g/mol. The van der Waals surface area contributed by atoms with Crippen LogP contribution in [0.1, 0.15) is 26.1 Å². The van der Waals surface area contributed by atoms with Gasteiger partial charge in [0.2, 0.25) is 0 Å². The summed E-state index contributed by atoms with van der Waals surface area (Å²) in [7, 11) is 0. The first-order valence-corrected chi connectivity index (χ1v) is 6.32. The van der Waals surface area contributed by atoms with E-state index in [4.69, 9.17) is 5.73 Å². The maximum atomic E-state index is 12.4. The van der Waals surface area contributed by atoms with Gasteiger partial charge in [0, 0.05) is 5.56 Å². The maximum Gasteiger partial charge on any atom is 0.387 e. The molecule has 0 saturated carbocycles. The molecule has 6 heteroatoms. The lowest BCUT2D eigenvalue weighted by atomic mass is 10.00. The summed E-state index contributed by atoms with van der Waals surface area (Å²) in [6.45, 7) is 0.946. The van der Waals surface area contributed by atoms with Crippen LogP contribution in [-0.4, -0.2) is 16.6 Å². The lowest BCUT2D eigenvalue weighted by molar-refractivity contribution is -0.0494. The summed E-state index contributed by atoms with van der Waals surface area (Å²) in [5, 5.41) is 0. The number of hydrogen-bond donors (Lipinski definition) is 2. The van der Waals surface area contributed by atoms with Crippen LogP contribution in [0.25, 0.3) is 11.3 Å². The molecule has 0 aliphatic carbocycles. The Hall–Kier alpha value is -1.95. The van der Waals surface area contributed by atoms with Crippen LogP contribution in [0.5, 0.6) is 5.75 Å². The number of nitrogens with one attached hydrogen (secondary N) is 1. The zero-order valence-corrected chi connectivity index (χ0v) is 11.4. The lowest BCUT2D eigenvalue weighted by Crippen LogP contribution is -2.33. The van der Waals surface area contributed by atoms with Crippen LogP contribution in [0.15, 0.2) is 30.5 Å². The van der Waals surface area contributed by atoms with E-state index >= 15 is 0 Å². The van der Waals surface area contributed by atoms with Gasteiger partial charge in [-0.3, -0.25) is 0 Å². The van der Waals surface area contributed by atoms with Crippen LogP contribution < -0.4 is 10.5 Å².